The van der Waals surface area contributed by atoms with Crippen molar-refractivity contribution < 1.29 is 4.84 Å². The molecule has 0 saturated heterocycles. The molecule has 2 N–H and O–H groups in total. The molecule has 0 aliphatic carbocycles. The van der Waals surface area contributed by atoms with Gasteiger partial charge in [-0.15, -0.1) is 0 Å². The van der Waals surface area contributed by atoms with Crippen molar-refractivity contribution in [2.75, 3.05) is 0 Å². The lowest BCUT2D eigenvalue weighted by molar-refractivity contribution is 0.330. The van der Waals surface area contributed by atoms with Crippen molar-refractivity contribution in [1.29, 1.82) is 0 Å². The number of hydrogen-bond acceptors (Lipinski definition) is 3. The van der Waals surface area contributed by atoms with E-state index in [9.17, 15) is 0 Å². The maximum atomic E-state index is 4.91. The molecule has 1 rings (SSSR count). The van der Waals surface area contributed by atoms with E-state index in [-0.39, 0.29) is 0 Å². The summed E-state index contributed by atoms with van der Waals surface area (Å²) in [6.45, 7) is 1.84. The van der Waals surface area contributed by atoms with E-state index in [1.54, 1.807) is 18.3 Å². The lowest BCUT2D eigenvalue weighted by Gasteiger charge is -1.98. The smallest absolute Gasteiger partial charge is 0.167 e. The van der Waals surface area contributed by atoms with Gasteiger partial charge in [0.25, 0.3) is 0 Å². The van der Waals surface area contributed by atoms with Crippen LogP contribution in [0.2, 0.25) is 0 Å². The van der Waals surface area contributed by atoms with Gasteiger partial charge in [0, 0.05) is 6.20 Å². The van der Waals surface area contributed by atoms with Gasteiger partial charge in [0.1, 0.15) is 0 Å². The van der Waals surface area contributed by atoms with Gasteiger partial charge in [0.2, 0.25) is 0 Å². The standard InChI is InChI=1S/C6H8N2O/c1-5-6(9-7)3-2-4-8-5/h2-4H,7H2,1H3. The molecule has 0 spiro atoms. The van der Waals surface area contributed by atoms with Gasteiger partial charge in [0.05, 0.1) is 5.69 Å². The first kappa shape index (κ1) is 6.04. The highest BCUT2D eigenvalue weighted by Crippen LogP contribution is 2.10. The topological polar surface area (TPSA) is 48.1 Å². The number of nitrogens with two attached hydrogens (primary N) is 1. The molecule has 3 heteroatoms. The summed E-state index contributed by atoms with van der Waals surface area (Å²) in [5.74, 6) is 5.53. The molecule has 0 atom stereocenters. The first-order chi connectivity index (χ1) is 4.34. The molecule has 0 fully saturated rings. The van der Waals surface area contributed by atoms with Gasteiger partial charge in [-0.1, -0.05) is 0 Å². The summed E-state index contributed by atoms with van der Waals surface area (Å²) in [5, 5.41) is 0. The number of hydrogen-bond donors (Lipinski definition) is 1. The van der Waals surface area contributed by atoms with Gasteiger partial charge in [-0.3, -0.25) is 4.98 Å². The van der Waals surface area contributed by atoms with Crippen LogP contribution in [0.15, 0.2) is 18.3 Å². The monoisotopic (exact) mass is 124 g/mol. The Balaban J connectivity index is 3.01. The summed E-state index contributed by atoms with van der Waals surface area (Å²) < 4.78 is 0. The van der Waals surface area contributed by atoms with E-state index in [2.05, 4.69) is 9.82 Å². The van der Waals surface area contributed by atoms with Crippen LogP contribution in [0.25, 0.3) is 0 Å². The molecule has 48 valence electrons. The predicted molar refractivity (Wildman–Crippen MR) is 33.8 cm³/mol. The van der Waals surface area contributed by atoms with Crippen molar-refractivity contribution in [3.63, 3.8) is 0 Å². The van der Waals surface area contributed by atoms with E-state index in [0.717, 1.165) is 5.69 Å². The van der Waals surface area contributed by atoms with Crippen molar-refractivity contribution in [2.24, 2.45) is 5.90 Å². The Labute approximate surface area is 53.4 Å². The molecule has 0 aliphatic heterocycles. The molecule has 9 heavy (non-hydrogen) atoms. The quantitative estimate of drug-likeness (QED) is 0.559. The number of rotatable bonds is 1. The average Bonchev–Trinajstić information content (AvgIpc) is 1.89. The van der Waals surface area contributed by atoms with E-state index in [1.807, 2.05) is 6.92 Å². The summed E-state index contributed by atoms with van der Waals surface area (Å²) in [6, 6.07) is 3.54. The Morgan fingerprint density at radius 3 is 2.89 bits per heavy atom. The summed E-state index contributed by atoms with van der Waals surface area (Å²) in [5.41, 5.74) is 0.806. The molecule has 1 aromatic heterocycles. The highest BCUT2D eigenvalue weighted by atomic mass is 16.6. The fraction of sp³-hybridized carbons (Fsp3) is 0.167. The van der Waals surface area contributed by atoms with Crippen LogP contribution in [0.5, 0.6) is 5.75 Å². The van der Waals surface area contributed by atoms with Gasteiger partial charge in [-0.25, -0.2) is 0 Å². The second-order valence-electron chi connectivity index (χ2n) is 1.70. The SMILES string of the molecule is Cc1ncccc1ON. The van der Waals surface area contributed by atoms with Crippen LogP contribution in [0.1, 0.15) is 5.69 Å². The van der Waals surface area contributed by atoms with E-state index in [1.165, 1.54) is 0 Å². The lowest BCUT2D eigenvalue weighted by Crippen LogP contribution is -2.03. The third-order valence-corrected chi connectivity index (χ3v) is 1.09. The second kappa shape index (κ2) is 2.46. The number of aromatic nitrogens is 1. The normalized spacial score (nSPS) is 9.11. The maximum Gasteiger partial charge on any atom is 0.167 e. The van der Waals surface area contributed by atoms with Crippen LogP contribution in [-0.4, -0.2) is 4.98 Å². The molecular formula is C6H8N2O. The summed E-state index contributed by atoms with van der Waals surface area (Å²) in [6.07, 6.45) is 1.69. The van der Waals surface area contributed by atoms with Crippen LogP contribution in [0.3, 0.4) is 0 Å². The Hall–Kier alpha value is -1.09. The second-order valence-corrected chi connectivity index (χ2v) is 1.70. The molecule has 0 aromatic carbocycles. The zero-order valence-corrected chi connectivity index (χ0v) is 5.16. The maximum absolute atomic E-state index is 4.91. The molecule has 0 amide bonds. The van der Waals surface area contributed by atoms with Crippen molar-refractivity contribution in [2.45, 2.75) is 6.92 Å². The minimum atomic E-state index is 0.623. The first-order valence-electron chi connectivity index (χ1n) is 2.63. The molecule has 0 bridgehead atoms. The summed E-state index contributed by atoms with van der Waals surface area (Å²) in [4.78, 5) is 8.43. The van der Waals surface area contributed by atoms with Gasteiger partial charge in [0.15, 0.2) is 5.75 Å². The third-order valence-electron chi connectivity index (χ3n) is 1.09. The van der Waals surface area contributed by atoms with Gasteiger partial charge in [-0.2, -0.15) is 5.90 Å². The first-order valence-corrected chi connectivity index (χ1v) is 2.63. The molecule has 1 heterocycles. The van der Waals surface area contributed by atoms with Gasteiger partial charge >= 0.3 is 0 Å². The highest BCUT2D eigenvalue weighted by Gasteiger charge is 1.93. The molecule has 0 aliphatic rings. The highest BCUT2D eigenvalue weighted by molar-refractivity contribution is 5.24. The minimum Gasteiger partial charge on any atom is -0.410 e. The Morgan fingerprint density at radius 2 is 2.44 bits per heavy atom. The van der Waals surface area contributed by atoms with Crippen molar-refractivity contribution in [3.8, 4) is 5.75 Å². The van der Waals surface area contributed by atoms with E-state index in [4.69, 9.17) is 5.90 Å². The Kier molecular flexibility index (Phi) is 1.65. The van der Waals surface area contributed by atoms with Crippen molar-refractivity contribution >= 4 is 0 Å². The van der Waals surface area contributed by atoms with Crippen LogP contribution in [-0.2, 0) is 0 Å². The van der Waals surface area contributed by atoms with E-state index in [0.29, 0.717) is 5.75 Å². The minimum absolute atomic E-state index is 0.623. The zero-order chi connectivity index (χ0) is 6.69. The Morgan fingerprint density at radius 1 is 1.67 bits per heavy atom. The summed E-state index contributed by atoms with van der Waals surface area (Å²) in [7, 11) is 0. The Bertz CT molecular complexity index is 200. The predicted octanol–water partition coefficient (Wildman–Crippen LogP) is 0.643. The molecule has 0 radical (unpaired) electrons. The number of nitrogens with zero attached hydrogens (tertiary/aromatic N) is 1. The lowest BCUT2D eigenvalue weighted by atomic mass is 10.3. The molecule has 3 nitrogen and oxygen atoms in total. The van der Waals surface area contributed by atoms with Crippen molar-refractivity contribution in [3.05, 3.63) is 24.0 Å². The van der Waals surface area contributed by atoms with Crippen LogP contribution < -0.4 is 10.7 Å². The molecule has 0 unspecified atom stereocenters. The largest absolute Gasteiger partial charge is 0.410 e. The third kappa shape index (κ3) is 1.17. The van der Waals surface area contributed by atoms with Gasteiger partial charge < -0.3 is 4.84 Å². The van der Waals surface area contributed by atoms with E-state index < -0.39 is 0 Å². The average molecular weight is 124 g/mol. The summed E-state index contributed by atoms with van der Waals surface area (Å²) >= 11 is 0. The van der Waals surface area contributed by atoms with Crippen molar-refractivity contribution in [1.82, 2.24) is 4.98 Å². The number of aryl methyl sites for hydroxylation is 1. The van der Waals surface area contributed by atoms with Crippen LogP contribution in [0.4, 0.5) is 0 Å². The zero-order valence-electron chi connectivity index (χ0n) is 5.16. The van der Waals surface area contributed by atoms with Crippen LogP contribution in [0, 0.1) is 6.92 Å². The number of pyridine rings is 1. The fourth-order valence-corrected chi connectivity index (χ4v) is 0.594. The van der Waals surface area contributed by atoms with E-state index >= 15 is 0 Å². The molecule has 0 saturated carbocycles. The van der Waals surface area contributed by atoms with Gasteiger partial charge in [-0.05, 0) is 19.1 Å². The molecule has 1 aromatic rings. The molecular weight excluding hydrogens is 116 g/mol. The fourth-order valence-electron chi connectivity index (χ4n) is 0.594. The van der Waals surface area contributed by atoms with Crippen LogP contribution >= 0.6 is 0 Å².